The molecular formula is C9H11ClN4. The highest BCUT2D eigenvalue weighted by atomic mass is 35.5. The molecule has 2 rings (SSSR count). The SMILES string of the molecule is Nc1c(Cl)ncnc1NC1C=CCC1. The Balaban J connectivity index is 2.16. The number of hydrogen-bond acceptors (Lipinski definition) is 4. The zero-order valence-corrected chi connectivity index (χ0v) is 8.33. The van der Waals surface area contributed by atoms with Gasteiger partial charge in [-0.05, 0) is 12.8 Å². The average Bonchev–Trinajstić information content (AvgIpc) is 2.66. The third-order valence-electron chi connectivity index (χ3n) is 2.17. The van der Waals surface area contributed by atoms with E-state index in [2.05, 4.69) is 27.4 Å². The Kier molecular flexibility index (Phi) is 2.54. The molecule has 1 aromatic heterocycles. The summed E-state index contributed by atoms with van der Waals surface area (Å²) in [7, 11) is 0. The minimum Gasteiger partial charge on any atom is -0.393 e. The number of hydrogen-bond donors (Lipinski definition) is 2. The van der Waals surface area contributed by atoms with E-state index in [1.165, 1.54) is 6.33 Å². The van der Waals surface area contributed by atoms with Gasteiger partial charge < -0.3 is 11.1 Å². The van der Waals surface area contributed by atoms with Gasteiger partial charge in [-0.1, -0.05) is 23.8 Å². The van der Waals surface area contributed by atoms with Gasteiger partial charge in [-0.2, -0.15) is 0 Å². The summed E-state index contributed by atoms with van der Waals surface area (Å²) in [5.74, 6) is 0.613. The fourth-order valence-electron chi connectivity index (χ4n) is 1.42. The normalized spacial score (nSPS) is 19.9. The van der Waals surface area contributed by atoms with Crippen molar-refractivity contribution in [1.82, 2.24) is 9.97 Å². The molecule has 0 fully saturated rings. The molecule has 0 aromatic carbocycles. The van der Waals surface area contributed by atoms with Crippen molar-refractivity contribution in [3.8, 4) is 0 Å². The lowest BCUT2D eigenvalue weighted by Gasteiger charge is -2.12. The number of nitrogen functional groups attached to an aromatic ring is 1. The summed E-state index contributed by atoms with van der Waals surface area (Å²) in [4.78, 5) is 7.82. The minimum atomic E-state index is 0.296. The van der Waals surface area contributed by atoms with Gasteiger partial charge in [-0.25, -0.2) is 9.97 Å². The van der Waals surface area contributed by atoms with Gasteiger partial charge >= 0.3 is 0 Å². The van der Waals surface area contributed by atoms with Gasteiger partial charge in [0.25, 0.3) is 0 Å². The van der Waals surface area contributed by atoms with Gasteiger partial charge in [0.1, 0.15) is 12.0 Å². The van der Waals surface area contributed by atoms with Crippen molar-refractivity contribution in [1.29, 1.82) is 0 Å². The van der Waals surface area contributed by atoms with Crippen LogP contribution >= 0.6 is 11.6 Å². The molecule has 3 N–H and O–H groups in total. The van der Waals surface area contributed by atoms with Crippen LogP contribution in [0.15, 0.2) is 18.5 Å². The van der Waals surface area contributed by atoms with E-state index in [1.54, 1.807) is 0 Å². The molecule has 5 heteroatoms. The van der Waals surface area contributed by atoms with Gasteiger partial charge in [-0.15, -0.1) is 0 Å². The van der Waals surface area contributed by atoms with E-state index in [9.17, 15) is 0 Å². The van der Waals surface area contributed by atoms with Gasteiger partial charge in [0.05, 0.1) is 0 Å². The molecule has 14 heavy (non-hydrogen) atoms. The quantitative estimate of drug-likeness (QED) is 0.578. The van der Waals surface area contributed by atoms with Crippen molar-refractivity contribution in [2.45, 2.75) is 18.9 Å². The fraction of sp³-hybridized carbons (Fsp3) is 0.333. The van der Waals surface area contributed by atoms with Crippen LogP contribution in [0, 0.1) is 0 Å². The largest absolute Gasteiger partial charge is 0.393 e. The van der Waals surface area contributed by atoms with Crippen molar-refractivity contribution in [3.05, 3.63) is 23.6 Å². The van der Waals surface area contributed by atoms with Crippen LogP contribution in [0.2, 0.25) is 5.15 Å². The van der Waals surface area contributed by atoms with E-state index < -0.39 is 0 Å². The molecule has 1 aliphatic carbocycles. The Morgan fingerprint density at radius 2 is 2.36 bits per heavy atom. The van der Waals surface area contributed by atoms with Crippen molar-refractivity contribution >= 4 is 23.1 Å². The molecule has 0 spiro atoms. The Bertz CT molecular complexity index is 364. The highest BCUT2D eigenvalue weighted by Gasteiger charge is 2.12. The lowest BCUT2D eigenvalue weighted by Crippen LogP contribution is -2.16. The third kappa shape index (κ3) is 1.80. The monoisotopic (exact) mass is 210 g/mol. The topological polar surface area (TPSA) is 63.8 Å². The minimum absolute atomic E-state index is 0.296. The number of nitrogens with one attached hydrogen (secondary N) is 1. The summed E-state index contributed by atoms with van der Waals surface area (Å²) in [5, 5.41) is 3.50. The maximum Gasteiger partial charge on any atom is 0.157 e. The molecule has 0 saturated carbocycles. The van der Waals surface area contributed by atoms with E-state index in [0.717, 1.165) is 12.8 Å². The summed E-state index contributed by atoms with van der Waals surface area (Å²) in [6, 6.07) is 0.309. The van der Waals surface area contributed by atoms with E-state index in [-0.39, 0.29) is 0 Å². The summed E-state index contributed by atoms with van der Waals surface area (Å²) in [5.41, 5.74) is 6.13. The van der Waals surface area contributed by atoms with Crippen LogP contribution in [0.4, 0.5) is 11.5 Å². The first-order valence-corrected chi connectivity index (χ1v) is 4.84. The molecule has 1 aromatic rings. The van der Waals surface area contributed by atoms with Crippen molar-refractivity contribution in [2.75, 3.05) is 11.1 Å². The molecule has 0 saturated heterocycles. The first-order valence-electron chi connectivity index (χ1n) is 4.46. The van der Waals surface area contributed by atoms with Crippen LogP contribution in [-0.2, 0) is 0 Å². The van der Waals surface area contributed by atoms with Gasteiger partial charge in [0.2, 0.25) is 0 Å². The maximum absolute atomic E-state index is 5.77. The van der Waals surface area contributed by atoms with Crippen LogP contribution in [0.3, 0.4) is 0 Å². The number of rotatable bonds is 2. The van der Waals surface area contributed by atoms with Crippen molar-refractivity contribution in [2.24, 2.45) is 0 Å². The fourth-order valence-corrected chi connectivity index (χ4v) is 1.55. The first-order chi connectivity index (χ1) is 6.77. The molecule has 1 unspecified atom stereocenters. The molecule has 0 amide bonds. The molecular weight excluding hydrogens is 200 g/mol. The van der Waals surface area contributed by atoms with Crippen LogP contribution in [0.5, 0.6) is 0 Å². The predicted molar refractivity (Wildman–Crippen MR) is 57.2 cm³/mol. The highest BCUT2D eigenvalue weighted by molar-refractivity contribution is 6.32. The number of nitrogens with zero attached hydrogens (tertiary/aromatic N) is 2. The van der Waals surface area contributed by atoms with Gasteiger partial charge in [0.15, 0.2) is 11.0 Å². The molecule has 0 bridgehead atoms. The zero-order valence-electron chi connectivity index (χ0n) is 7.57. The molecule has 4 nitrogen and oxygen atoms in total. The van der Waals surface area contributed by atoms with Gasteiger partial charge in [0, 0.05) is 6.04 Å². The van der Waals surface area contributed by atoms with Crippen LogP contribution < -0.4 is 11.1 Å². The van der Waals surface area contributed by atoms with Crippen LogP contribution in [-0.4, -0.2) is 16.0 Å². The second kappa shape index (κ2) is 3.84. The van der Waals surface area contributed by atoms with E-state index in [1.807, 2.05) is 0 Å². The molecule has 1 atom stereocenters. The Morgan fingerprint density at radius 1 is 1.50 bits per heavy atom. The average molecular weight is 211 g/mol. The first kappa shape index (κ1) is 9.27. The molecule has 1 heterocycles. The molecule has 1 aliphatic rings. The Hall–Kier alpha value is -1.29. The second-order valence-corrected chi connectivity index (χ2v) is 3.54. The summed E-state index contributed by atoms with van der Waals surface area (Å²) >= 11 is 5.77. The van der Waals surface area contributed by atoms with Gasteiger partial charge in [-0.3, -0.25) is 0 Å². The molecule has 0 aliphatic heterocycles. The lowest BCUT2D eigenvalue weighted by atomic mass is 10.2. The number of nitrogens with two attached hydrogens (primary N) is 1. The van der Waals surface area contributed by atoms with E-state index >= 15 is 0 Å². The van der Waals surface area contributed by atoms with Crippen LogP contribution in [0.25, 0.3) is 0 Å². The number of anilines is 2. The standard InChI is InChI=1S/C9H11ClN4/c10-8-7(11)9(13-5-12-8)14-6-3-1-2-4-6/h1,3,5-6H,2,4,11H2,(H,12,13,14). The van der Waals surface area contributed by atoms with Crippen LogP contribution in [0.1, 0.15) is 12.8 Å². The lowest BCUT2D eigenvalue weighted by molar-refractivity contribution is 0.820. The number of allylic oxidation sites excluding steroid dienone is 1. The second-order valence-electron chi connectivity index (χ2n) is 3.18. The van der Waals surface area contributed by atoms with Crippen molar-refractivity contribution < 1.29 is 0 Å². The summed E-state index contributed by atoms with van der Waals surface area (Å²) < 4.78 is 0. The number of halogens is 1. The maximum atomic E-state index is 5.77. The summed E-state index contributed by atoms with van der Waals surface area (Å²) in [6.45, 7) is 0. The van der Waals surface area contributed by atoms with Crippen molar-refractivity contribution in [3.63, 3.8) is 0 Å². The smallest absolute Gasteiger partial charge is 0.157 e. The van der Waals surface area contributed by atoms with E-state index in [4.69, 9.17) is 17.3 Å². The molecule has 0 radical (unpaired) electrons. The molecule has 74 valence electrons. The predicted octanol–water partition coefficient (Wildman–Crippen LogP) is 1.84. The Morgan fingerprint density at radius 3 is 3.07 bits per heavy atom. The highest BCUT2D eigenvalue weighted by Crippen LogP contribution is 2.24. The summed E-state index contributed by atoms with van der Waals surface area (Å²) in [6.07, 6.45) is 7.81. The zero-order chi connectivity index (χ0) is 9.97. The van der Waals surface area contributed by atoms with E-state index in [0.29, 0.717) is 22.7 Å². The Labute approximate surface area is 87.2 Å². The third-order valence-corrected chi connectivity index (χ3v) is 2.47. The number of aromatic nitrogens is 2.